The van der Waals surface area contributed by atoms with Crippen LogP contribution in [0.1, 0.15) is 31.9 Å². The third-order valence-corrected chi connectivity index (χ3v) is 5.01. The van der Waals surface area contributed by atoms with Crippen LogP contribution in [0.2, 0.25) is 0 Å². The van der Waals surface area contributed by atoms with E-state index in [9.17, 15) is 9.46 Å². The van der Waals surface area contributed by atoms with Gasteiger partial charge in [0.15, 0.2) is 0 Å². The highest BCUT2D eigenvalue weighted by atomic mass is 31.2. The Labute approximate surface area is 97.0 Å². The molecule has 90 valence electrons. The fraction of sp³-hybridized carbons (Fsp3) is 0.500. The van der Waals surface area contributed by atoms with Crippen molar-refractivity contribution in [2.75, 3.05) is 6.61 Å². The van der Waals surface area contributed by atoms with E-state index in [-0.39, 0.29) is 6.61 Å². The van der Waals surface area contributed by atoms with Gasteiger partial charge in [0.2, 0.25) is 0 Å². The molecule has 1 N–H and O–H groups in total. The van der Waals surface area contributed by atoms with Gasteiger partial charge in [0.25, 0.3) is 0 Å². The van der Waals surface area contributed by atoms with E-state index in [1.807, 2.05) is 31.2 Å². The lowest BCUT2D eigenvalue weighted by Crippen LogP contribution is -2.19. The van der Waals surface area contributed by atoms with E-state index < -0.39 is 12.8 Å². The molecule has 0 fully saturated rings. The summed E-state index contributed by atoms with van der Waals surface area (Å²) in [5, 5.41) is -0.880. The molecule has 0 amide bonds. The first-order chi connectivity index (χ1) is 7.31. The van der Waals surface area contributed by atoms with E-state index in [0.717, 1.165) is 11.1 Å². The second-order valence-corrected chi connectivity index (χ2v) is 6.78. The Morgan fingerprint density at radius 1 is 1.44 bits per heavy atom. The van der Waals surface area contributed by atoms with Gasteiger partial charge in [-0.25, -0.2) is 0 Å². The lowest BCUT2D eigenvalue weighted by Gasteiger charge is -2.29. The molecule has 0 saturated carbocycles. The van der Waals surface area contributed by atoms with Crippen LogP contribution in [0.15, 0.2) is 24.3 Å². The Hall–Kier alpha value is -0.630. The molecule has 1 aromatic rings. The minimum atomic E-state index is -3.64. The van der Waals surface area contributed by atoms with Gasteiger partial charge in [-0.3, -0.25) is 4.57 Å². The molecule has 1 aromatic carbocycles. The SMILES string of the molecule is CCOP(=O)(O)C(C)(C)c1cccc(C)c1. The molecule has 0 heterocycles. The molecule has 0 bridgehead atoms. The van der Waals surface area contributed by atoms with Gasteiger partial charge in [0.1, 0.15) is 0 Å². The zero-order chi connectivity index (χ0) is 12.4. The molecule has 3 nitrogen and oxygen atoms in total. The summed E-state index contributed by atoms with van der Waals surface area (Å²) in [6, 6.07) is 7.62. The van der Waals surface area contributed by atoms with Crippen molar-refractivity contribution in [2.45, 2.75) is 32.9 Å². The summed E-state index contributed by atoms with van der Waals surface area (Å²) < 4.78 is 17.1. The monoisotopic (exact) mass is 242 g/mol. The standard InChI is InChI=1S/C12H19O3P/c1-5-15-16(13,14)12(3,4)11-8-6-7-10(2)9-11/h6-9H,5H2,1-4H3,(H,13,14). The van der Waals surface area contributed by atoms with Crippen molar-refractivity contribution in [1.29, 1.82) is 0 Å². The molecule has 1 unspecified atom stereocenters. The van der Waals surface area contributed by atoms with Crippen LogP contribution in [-0.2, 0) is 14.2 Å². The van der Waals surface area contributed by atoms with Gasteiger partial charge in [-0.05, 0) is 33.3 Å². The normalized spacial score (nSPS) is 15.8. The van der Waals surface area contributed by atoms with Crippen LogP contribution in [0.25, 0.3) is 0 Å². The molecule has 0 spiro atoms. The molecule has 0 aliphatic heterocycles. The number of hydrogen-bond donors (Lipinski definition) is 1. The molecule has 0 aliphatic carbocycles. The molecule has 4 heteroatoms. The van der Waals surface area contributed by atoms with Crippen LogP contribution < -0.4 is 0 Å². The molecule has 0 aliphatic rings. The molecule has 1 rings (SSSR count). The van der Waals surface area contributed by atoms with Crippen LogP contribution >= 0.6 is 7.60 Å². The quantitative estimate of drug-likeness (QED) is 0.822. The lowest BCUT2D eigenvalue weighted by atomic mass is 10.0. The minimum absolute atomic E-state index is 0.239. The molecule has 0 saturated heterocycles. The first-order valence-corrected chi connectivity index (χ1v) is 6.93. The highest BCUT2D eigenvalue weighted by Crippen LogP contribution is 2.60. The average molecular weight is 242 g/mol. The van der Waals surface area contributed by atoms with Crippen LogP contribution in [-0.4, -0.2) is 11.5 Å². The minimum Gasteiger partial charge on any atom is -0.324 e. The van der Waals surface area contributed by atoms with Gasteiger partial charge in [-0.1, -0.05) is 29.8 Å². The number of hydrogen-bond acceptors (Lipinski definition) is 2. The van der Waals surface area contributed by atoms with Crippen LogP contribution in [0, 0.1) is 6.92 Å². The first-order valence-electron chi connectivity index (χ1n) is 5.36. The summed E-state index contributed by atoms with van der Waals surface area (Å²) in [6.07, 6.45) is 0. The van der Waals surface area contributed by atoms with Crippen molar-refractivity contribution in [3.8, 4) is 0 Å². The summed E-state index contributed by atoms with van der Waals surface area (Å²) in [4.78, 5) is 9.92. The fourth-order valence-electron chi connectivity index (χ4n) is 1.53. The molecular formula is C12H19O3P. The van der Waals surface area contributed by atoms with Gasteiger partial charge in [0, 0.05) is 0 Å². The van der Waals surface area contributed by atoms with E-state index in [1.54, 1.807) is 20.8 Å². The summed E-state index contributed by atoms with van der Waals surface area (Å²) in [6.45, 7) is 7.39. The van der Waals surface area contributed by atoms with Crippen molar-refractivity contribution in [3.63, 3.8) is 0 Å². The third-order valence-electron chi connectivity index (χ3n) is 2.74. The molecule has 1 atom stereocenters. The zero-order valence-electron chi connectivity index (χ0n) is 10.2. The van der Waals surface area contributed by atoms with Crippen molar-refractivity contribution < 1.29 is 14.0 Å². The molecule has 0 aromatic heterocycles. The lowest BCUT2D eigenvalue weighted by molar-refractivity contribution is 0.251. The van der Waals surface area contributed by atoms with Crippen molar-refractivity contribution in [2.24, 2.45) is 0 Å². The summed E-state index contributed by atoms with van der Waals surface area (Å²) >= 11 is 0. The Bertz CT molecular complexity index is 412. The van der Waals surface area contributed by atoms with Gasteiger partial charge in [-0.15, -0.1) is 0 Å². The zero-order valence-corrected chi connectivity index (χ0v) is 11.1. The van der Waals surface area contributed by atoms with Crippen LogP contribution in [0.3, 0.4) is 0 Å². The number of aryl methyl sites for hydroxylation is 1. The van der Waals surface area contributed by atoms with Gasteiger partial charge >= 0.3 is 7.60 Å². The van der Waals surface area contributed by atoms with E-state index in [0.29, 0.717) is 0 Å². The first kappa shape index (κ1) is 13.4. The Morgan fingerprint density at radius 3 is 2.56 bits per heavy atom. The van der Waals surface area contributed by atoms with Crippen molar-refractivity contribution in [1.82, 2.24) is 0 Å². The maximum absolute atomic E-state index is 12.1. The number of rotatable bonds is 4. The predicted molar refractivity (Wildman–Crippen MR) is 65.7 cm³/mol. The third kappa shape index (κ3) is 2.54. The van der Waals surface area contributed by atoms with E-state index in [4.69, 9.17) is 4.52 Å². The second kappa shape index (κ2) is 4.70. The summed E-state index contributed by atoms with van der Waals surface area (Å²) in [7, 11) is -3.64. The van der Waals surface area contributed by atoms with Gasteiger partial charge < -0.3 is 9.42 Å². The fourth-order valence-corrected chi connectivity index (χ4v) is 2.66. The summed E-state index contributed by atoms with van der Waals surface area (Å²) in [5.41, 5.74) is 1.90. The molecular weight excluding hydrogens is 223 g/mol. The maximum atomic E-state index is 12.1. The molecule has 16 heavy (non-hydrogen) atoms. The van der Waals surface area contributed by atoms with Crippen LogP contribution in [0.4, 0.5) is 0 Å². The Morgan fingerprint density at radius 2 is 2.06 bits per heavy atom. The van der Waals surface area contributed by atoms with Crippen molar-refractivity contribution >= 4 is 7.60 Å². The largest absolute Gasteiger partial charge is 0.337 e. The highest BCUT2D eigenvalue weighted by Gasteiger charge is 2.41. The van der Waals surface area contributed by atoms with Crippen LogP contribution in [0.5, 0.6) is 0 Å². The van der Waals surface area contributed by atoms with E-state index >= 15 is 0 Å². The van der Waals surface area contributed by atoms with E-state index in [1.165, 1.54) is 0 Å². The average Bonchev–Trinajstić information content (AvgIpc) is 2.17. The second-order valence-electron chi connectivity index (χ2n) is 4.37. The molecule has 0 radical (unpaired) electrons. The number of benzene rings is 1. The highest BCUT2D eigenvalue weighted by molar-refractivity contribution is 7.54. The smallest absolute Gasteiger partial charge is 0.324 e. The van der Waals surface area contributed by atoms with Crippen molar-refractivity contribution in [3.05, 3.63) is 35.4 Å². The Kier molecular flexibility index (Phi) is 3.95. The maximum Gasteiger partial charge on any atom is 0.337 e. The topological polar surface area (TPSA) is 46.5 Å². The van der Waals surface area contributed by atoms with Gasteiger partial charge in [-0.2, -0.15) is 0 Å². The van der Waals surface area contributed by atoms with Gasteiger partial charge in [0.05, 0.1) is 11.8 Å². The summed E-state index contributed by atoms with van der Waals surface area (Å²) in [5.74, 6) is 0. The predicted octanol–water partition coefficient (Wildman–Crippen LogP) is 3.45. The Balaban J connectivity index is 3.15. The van der Waals surface area contributed by atoms with E-state index in [2.05, 4.69) is 0 Å².